The summed E-state index contributed by atoms with van der Waals surface area (Å²) in [7, 11) is 0. The third kappa shape index (κ3) is 3.16. The van der Waals surface area contributed by atoms with Crippen LogP contribution in [0.3, 0.4) is 0 Å². The molecule has 3 nitrogen and oxygen atoms in total. The molecule has 0 saturated heterocycles. The van der Waals surface area contributed by atoms with Crippen LogP contribution in [-0.4, -0.2) is 48.5 Å². The van der Waals surface area contributed by atoms with Gasteiger partial charge in [0.2, 0.25) is 0 Å². The largest absolute Gasteiger partial charge is 0.392 e. The molecule has 2 bridgehead atoms. The summed E-state index contributed by atoms with van der Waals surface area (Å²) in [5, 5.41) is 10.1. The smallest absolute Gasteiger partial charge is 0.0689 e. The van der Waals surface area contributed by atoms with Crippen LogP contribution < -0.4 is 0 Å². The highest BCUT2D eigenvalue weighted by Gasteiger charge is 2.61. The molecule has 2 fully saturated rings. The molecule has 0 aliphatic heterocycles. The van der Waals surface area contributed by atoms with E-state index in [0.29, 0.717) is 23.5 Å². The first-order chi connectivity index (χ1) is 9.85. The van der Waals surface area contributed by atoms with E-state index in [9.17, 15) is 5.11 Å². The zero-order chi connectivity index (χ0) is 15.7. The van der Waals surface area contributed by atoms with E-state index in [1.807, 2.05) is 0 Å². The molecular weight excluding hydrogens is 262 g/mol. The van der Waals surface area contributed by atoms with Gasteiger partial charge < -0.3 is 14.7 Å². The van der Waals surface area contributed by atoms with Gasteiger partial charge in [0.1, 0.15) is 0 Å². The molecule has 4 atom stereocenters. The Balaban J connectivity index is 1.75. The molecule has 0 aromatic heterocycles. The number of fused-ring (bicyclic) bond motifs is 2. The fourth-order valence-corrected chi connectivity index (χ4v) is 4.60. The molecule has 21 heavy (non-hydrogen) atoms. The molecule has 2 aliphatic rings. The van der Waals surface area contributed by atoms with Crippen LogP contribution in [0.4, 0.5) is 0 Å². The van der Waals surface area contributed by atoms with Gasteiger partial charge in [-0.25, -0.2) is 0 Å². The number of ether oxygens (including phenoxy) is 1. The lowest BCUT2D eigenvalue weighted by molar-refractivity contribution is -0.0562. The number of rotatable bonds is 8. The van der Waals surface area contributed by atoms with Crippen LogP contribution in [-0.2, 0) is 4.74 Å². The highest BCUT2D eigenvalue weighted by Crippen LogP contribution is 2.66. The minimum Gasteiger partial charge on any atom is -0.392 e. The SMILES string of the molecule is CCN(CC)C[C@@H](O)CCO[C@H]1C[C@H]2CC[C@@]1(C)C2(C)C. The number of nitrogens with zero attached hydrogens (tertiary/aromatic N) is 1. The molecule has 0 unspecified atom stereocenters. The maximum Gasteiger partial charge on any atom is 0.0689 e. The maximum absolute atomic E-state index is 10.1. The molecule has 0 aromatic rings. The predicted molar refractivity (Wildman–Crippen MR) is 87.4 cm³/mol. The molecule has 2 saturated carbocycles. The molecule has 0 radical (unpaired) electrons. The first-order valence-electron chi connectivity index (χ1n) is 8.87. The van der Waals surface area contributed by atoms with Crippen molar-refractivity contribution in [1.82, 2.24) is 4.90 Å². The zero-order valence-electron chi connectivity index (χ0n) is 14.7. The van der Waals surface area contributed by atoms with Crippen molar-refractivity contribution in [3.05, 3.63) is 0 Å². The van der Waals surface area contributed by atoms with Crippen molar-refractivity contribution >= 4 is 0 Å². The Kier molecular flexibility index (Phi) is 5.38. The predicted octanol–water partition coefficient (Wildman–Crippen LogP) is 3.31. The van der Waals surface area contributed by atoms with Crippen LogP contribution in [0.15, 0.2) is 0 Å². The summed E-state index contributed by atoms with van der Waals surface area (Å²) in [5.74, 6) is 0.827. The monoisotopic (exact) mass is 297 g/mol. The lowest BCUT2D eigenvalue weighted by Gasteiger charge is -2.39. The molecule has 1 N–H and O–H groups in total. The molecule has 0 amide bonds. The summed E-state index contributed by atoms with van der Waals surface area (Å²) < 4.78 is 6.22. The normalized spacial score (nSPS) is 35.6. The summed E-state index contributed by atoms with van der Waals surface area (Å²) in [5.41, 5.74) is 0.749. The fraction of sp³-hybridized carbons (Fsp3) is 1.00. The Morgan fingerprint density at radius 1 is 1.24 bits per heavy atom. The number of hydrogen-bond donors (Lipinski definition) is 1. The second-order valence-electron chi connectivity index (χ2n) is 7.90. The molecule has 3 heteroatoms. The Bertz CT molecular complexity index is 340. The maximum atomic E-state index is 10.1. The van der Waals surface area contributed by atoms with Gasteiger partial charge in [-0.15, -0.1) is 0 Å². The van der Waals surface area contributed by atoms with E-state index in [1.54, 1.807) is 0 Å². The second-order valence-corrected chi connectivity index (χ2v) is 7.90. The number of likely N-dealkylation sites (N-methyl/N-ethyl adjacent to an activating group) is 1. The lowest BCUT2D eigenvalue weighted by Crippen LogP contribution is -2.38. The van der Waals surface area contributed by atoms with Gasteiger partial charge in [-0.1, -0.05) is 34.6 Å². The molecule has 0 heterocycles. The highest BCUT2D eigenvalue weighted by molar-refractivity contribution is 5.11. The van der Waals surface area contributed by atoms with Gasteiger partial charge in [0.25, 0.3) is 0 Å². The Morgan fingerprint density at radius 2 is 1.90 bits per heavy atom. The number of hydrogen-bond acceptors (Lipinski definition) is 3. The zero-order valence-corrected chi connectivity index (χ0v) is 14.7. The standard InChI is InChI=1S/C18H35NO2/c1-6-19(7-2)13-15(20)9-11-21-16-12-14-8-10-18(16,5)17(14,3)4/h14-16,20H,6-13H2,1-5H3/t14-,15+,16+,18-/m1/s1. The van der Waals surface area contributed by atoms with Crippen molar-refractivity contribution < 1.29 is 9.84 Å². The van der Waals surface area contributed by atoms with Crippen molar-refractivity contribution in [3.63, 3.8) is 0 Å². The molecule has 124 valence electrons. The van der Waals surface area contributed by atoms with Crippen molar-refractivity contribution in [2.24, 2.45) is 16.7 Å². The van der Waals surface area contributed by atoms with E-state index in [4.69, 9.17) is 4.74 Å². The molecular formula is C18H35NO2. The first kappa shape index (κ1) is 17.2. The van der Waals surface area contributed by atoms with Crippen molar-refractivity contribution in [2.45, 2.75) is 72.5 Å². The molecule has 0 aromatic carbocycles. The van der Waals surface area contributed by atoms with Gasteiger partial charge in [0, 0.05) is 13.2 Å². The summed E-state index contributed by atoms with van der Waals surface area (Å²) in [6.07, 6.45) is 4.78. The van der Waals surface area contributed by atoms with Gasteiger partial charge in [-0.3, -0.25) is 0 Å². The minimum absolute atomic E-state index is 0.260. The average molecular weight is 297 g/mol. The first-order valence-corrected chi connectivity index (χ1v) is 8.87. The topological polar surface area (TPSA) is 32.7 Å². The molecule has 2 aliphatic carbocycles. The van der Waals surface area contributed by atoms with E-state index < -0.39 is 0 Å². The summed E-state index contributed by atoms with van der Waals surface area (Å²) in [6, 6.07) is 0. The van der Waals surface area contributed by atoms with E-state index in [1.165, 1.54) is 19.3 Å². The van der Waals surface area contributed by atoms with Crippen LogP contribution >= 0.6 is 0 Å². The van der Waals surface area contributed by atoms with Gasteiger partial charge in [0.05, 0.1) is 12.2 Å². The van der Waals surface area contributed by atoms with Crippen LogP contribution in [0.5, 0.6) is 0 Å². The summed E-state index contributed by atoms with van der Waals surface area (Å²) in [4.78, 5) is 2.27. The number of aliphatic hydroxyl groups is 1. The summed E-state index contributed by atoms with van der Waals surface area (Å²) >= 11 is 0. The van der Waals surface area contributed by atoms with E-state index in [0.717, 1.165) is 32.0 Å². The molecule has 0 spiro atoms. The van der Waals surface area contributed by atoms with E-state index in [-0.39, 0.29) is 6.10 Å². The van der Waals surface area contributed by atoms with Crippen LogP contribution in [0.25, 0.3) is 0 Å². The lowest BCUT2D eigenvalue weighted by atomic mass is 9.70. The second kappa shape index (κ2) is 6.55. The summed E-state index contributed by atoms with van der Waals surface area (Å²) in [6.45, 7) is 15.0. The van der Waals surface area contributed by atoms with E-state index in [2.05, 4.69) is 39.5 Å². The Morgan fingerprint density at radius 3 is 2.38 bits per heavy atom. The molecule has 2 rings (SSSR count). The Hall–Kier alpha value is -0.120. The third-order valence-electron chi connectivity index (χ3n) is 6.85. The van der Waals surface area contributed by atoms with Gasteiger partial charge in [-0.05, 0) is 55.5 Å². The average Bonchev–Trinajstić information content (AvgIpc) is 2.78. The van der Waals surface area contributed by atoms with E-state index >= 15 is 0 Å². The van der Waals surface area contributed by atoms with Crippen LogP contribution in [0.1, 0.15) is 60.3 Å². The van der Waals surface area contributed by atoms with Gasteiger partial charge in [0.15, 0.2) is 0 Å². The van der Waals surface area contributed by atoms with Crippen molar-refractivity contribution in [1.29, 1.82) is 0 Å². The third-order valence-corrected chi connectivity index (χ3v) is 6.85. The fourth-order valence-electron chi connectivity index (χ4n) is 4.60. The minimum atomic E-state index is -0.260. The quantitative estimate of drug-likeness (QED) is 0.746. The van der Waals surface area contributed by atoms with Gasteiger partial charge in [-0.2, -0.15) is 0 Å². The van der Waals surface area contributed by atoms with Crippen molar-refractivity contribution in [2.75, 3.05) is 26.2 Å². The van der Waals surface area contributed by atoms with Crippen molar-refractivity contribution in [3.8, 4) is 0 Å². The van der Waals surface area contributed by atoms with Crippen LogP contribution in [0, 0.1) is 16.7 Å². The van der Waals surface area contributed by atoms with Crippen LogP contribution in [0.2, 0.25) is 0 Å². The Labute approximate surface area is 131 Å². The highest BCUT2D eigenvalue weighted by atomic mass is 16.5. The van der Waals surface area contributed by atoms with Gasteiger partial charge >= 0.3 is 0 Å². The number of aliphatic hydroxyl groups excluding tert-OH is 1.